The van der Waals surface area contributed by atoms with Gasteiger partial charge in [0.1, 0.15) is 0 Å². The predicted octanol–water partition coefficient (Wildman–Crippen LogP) is -9.16. The summed E-state index contributed by atoms with van der Waals surface area (Å²) in [5.74, 6) is 0. The molecule has 0 aromatic carbocycles. The summed E-state index contributed by atoms with van der Waals surface area (Å²) >= 11 is 0. The molecule has 0 unspecified atom stereocenters. The Kier molecular flexibility index (Phi) is 114. The van der Waals surface area contributed by atoms with Crippen LogP contribution in [0.1, 0.15) is 0 Å². The van der Waals surface area contributed by atoms with Crippen molar-refractivity contribution in [3.63, 3.8) is 0 Å². The normalized spacial score (nSPS) is 0. The summed E-state index contributed by atoms with van der Waals surface area (Å²) in [7, 11) is 0. The molecule has 0 aliphatic carbocycles. The summed E-state index contributed by atoms with van der Waals surface area (Å²) in [5.41, 5.74) is 0. The Morgan fingerprint density at radius 2 is 1.00 bits per heavy atom. The summed E-state index contributed by atoms with van der Waals surface area (Å²) in [6.07, 6.45) is 0. The van der Waals surface area contributed by atoms with Gasteiger partial charge in [0.15, 0.2) is 0 Å². The smallest absolute Gasteiger partial charge is 1.00 e. The van der Waals surface area contributed by atoms with Crippen molar-refractivity contribution in [3.05, 3.63) is 0 Å². The van der Waals surface area contributed by atoms with Gasteiger partial charge in [-0.1, -0.05) is 0 Å². The largest absolute Gasteiger partial charge is 1.00 e. The van der Waals surface area contributed by atoms with Crippen LogP contribution in [0.3, 0.4) is 0 Å². The Morgan fingerprint density at radius 3 is 1.00 bits per heavy atom. The van der Waals surface area contributed by atoms with E-state index in [0.717, 1.165) is 0 Å². The van der Waals surface area contributed by atoms with E-state index < -0.39 is 0 Å². The molecule has 1 N–H and O–H groups in total. The van der Waals surface area contributed by atoms with Crippen LogP contribution in [0.15, 0.2) is 0 Å². The standard InChI is InChI=1S/BrH.K.Na.H2O/h1H;;;1H2/q;2*+1;/p-2. The Morgan fingerprint density at radius 1 is 1.00 bits per heavy atom. The maximum Gasteiger partial charge on any atom is 1.00 e. The van der Waals surface area contributed by atoms with Crippen LogP contribution < -0.4 is 97.9 Å². The van der Waals surface area contributed by atoms with E-state index in [2.05, 4.69) is 0 Å². The molecule has 0 aromatic heterocycles. The Balaban J connectivity index is 0. The van der Waals surface area contributed by atoms with Crippen LogP contribution >= 0.6 is 0 Å². The second-order valence-electron chi connectivity index (χ2n) is 0. The van der Waals surface area contributed by atoms with E-state index in [4.69, 9.17) is 0 Å². The van der Waals surface area contributed by atoms with Gasteiger partial charge in [-0.05, 0) is 0 Å². The zero-order valence-corrected chi connectivity index (χ0v) is 9.53. The van der Waals surface area contributed by atoms with Crippen molar-refractivity contribution in [1.82, 2.24) is 0 Å². The monoisotopic (exact) mass is 158 g/mol. The van der Waals surface area contributed by atoms with Crippen molar-refractivity contribution in [3.8, 4) is 0 Å². The van der Waals surface area contributed by atoms with Crippen molar-refractivity contribution in [2.75, 3.05) is 0 Å². The van der Waals surface area contributed by atoms with E-state index in [9.17, 15) is 0 Å². The summed E-state index contributed by atoms with van der Waals surface area (Å²) in [4.78, 5) is 0. The van der Waals surface area contributed by atoms with Crippen molar-refractivity contribution in [2.24, 2.45) is 0 Å². The van der Waals surface area contributed by atoms with E-state index in [1.807, 2.05) is 0 Å². The van der Waals surface area contributed by atoms with Crippen LogP contribution in [0, 0.1) is 0 Å². The third kappa shape index (κ3) is 8.91. The molecule has 0 rings (SSSR count). The summed E-state index contributed by atoms with van der Waals surface area (Å²) < 4.78 is 0. The number of hydrogen-bond donors (Lipinski definition) is 0. The molecule has 0 amide bonds. The molecule has 1 nitrogen and oxygen atoms in total. The molecule has 0 fully saturated rings. The van der Waals surface area contributed by atoms with E-state index in [-0.39, 0.29) is 103 Å². The third-order valence-electron chi connectivity index (χ3n) is 0. The van der Waals surface area contributed by atoms with Crippen molar-refractivity contribution >= 4 is 0 Å². The first-order valence-electron chi connectivity index (χ1n) is 0. The minimum Gasteiger partial charge on any atom is -1.00 e. The number of halogens is 1. The molecule has 4 heteroatoms. The minimum absolute atomic E-state index is 0. The molecule has 16 valence electrons. The number of rotatable bonds is 0. The fourth-order valence-electron chi connectivity index (χ4n) is 0. The van der Waals surface area contributed by atoms with Gasteiger partial charge in [0.25, 0.3) is 0 Å². The zero-order chi connectivity index (χ0) is 0. The SMILES string of the molecule is [Br-].[K+].[Na+].[OH-]. The zero-order valence-electron chi connectivity index (χ0n) is 2.83. The third-order valence-corrected chi connectivity index (χ3v) is 0. The maximum absolute atomic E-state index is 0. The average molecular weight is 159 g/mol. The van der Waals surface area contributed by atoms with Gasteiger partial charge in [-0.15, -0.1) is 0 Å². The van der Waals surface area contributed by atoms with Gasteiger partial charge >= 0.3 is 80.9 Å². The second-order valence-corrected chi connectivity index (χ2v) is 0. The molecule has 0 aliphatic heterocycles. The van der Waals surface area contributed by atoms with E-state index >= 15 is 0 Å². The predicted molar refractivity (Wildman–Crippen MR) is 1.94 cm³/mol. The van der Waals surface area contributed by atoms with Crippen LogP contribution in [0.25, 0.3) is 0 Å². The first-order chi connectivity index (χ1) is 0. The van der Waals surface area contributed by atoms with Gasteiger partial charge in [0, 0.05) is 0 Å². The molecule has 0 bridgehead atoms. The van der Waals surface area contributed by atoms with Crippen LogP contribution in [0.5, 0.6) is 0 Å². The van der Waals surface area contributed by atoms with Crippen LogP contribution in [-0.2, 0) is 0 Å². The van der Waals surface area contributed by atoms with Crippen molar-refractivity contribution in [2.45, 2.75) is 0 Å². The van der Waals surface area contributed by atoms with Gasteiger partial charge < -0.3 is 22.5 Å². The molecular weight excluding hydrogens is 158 g/mol. The van der Waals surface area contributed by atoms with Gasteiger partial charge in [-0.25, -0.2) is 0 Å². The van der Waals surface area contributed by atoms with Crippen molar-refractivity contribution < 1.29 is 103 Å². The molecule has 0 spiro atoms. The van der Waals surface area contributed by atoms with E-state index in [1.54, 1.807) is 0 Å². The molecule has 0 aliphatic rings. The first-order valence-corrected chi connectivity index (χ1v) is 0. The molecular formula is HBrKNaO. The van der Waals surface area contributed by atoms with Crippen LogP contribution in [-0.4, -0.2) is 5.48 Å². The Labute approximate surface area is 101 Å². The van der Waals surface area contributed by atoms with Crippen LogP contribution in [0.2, 0.25) is 0 Å². The fourth-order valence-corrected chi connectivity index (χ4v) is 0. The molecule has 0 radical (unpaired) electrons. The van der Waals surface area contributed by atoms with Gasteiger partial charge in [-0.3, -0.25) is 0 Å². The maximum atomic E-state index is 0. The summed E-state index contributed by atoms with van der Waals surface area (Å²) in [6.45, 7) is 0. The molecule has 0 heterocycles. The molecule has 0 saturated heterocycles. The second kappa shape index (κ2) is 16.5. The van der Waals surface area contributed by atoms with Crippen molar-refractivity contribution in [1.29, 1.82) is 0 Å². The Bertz CT molecular complexity index is 8.00. The molecule has 4 heavy (non-hydrogen) atoms. The topological polar surface area (TPSA) is 30.0 Å². The van der Waals surface area contributed by atoms with Gasteiger partial charge in [0.2, 0.25) is 0 Å². The van der Waals surface area contributed by atoms with Crippen LogP contribution in [0.4, 0.5) is 0 Å². The molecule has 0 aromatic rings. The first kappa shape index (κ1) is 27.6. The summed E-state index contributed by atoms with van der Waals surface area (Å²) in [6, 6.07) is 0. The Hall–Kier alpha value is 3.08. The average Bonchev–Trinajstić information content (AvgIpc) is 0. The fraction of sp³-hybridized carbons (Fsp3) is 0. The molecule has 0 saturated carbocycles. The van der Waals surface area contributed by atoms with E-state index in [0.29, 0.717) is 0 Å². The molecule has 0 atom stereocenters. The van der Waals surface area contributed by atoms with Gasteiger partial charge in [0.05, 0.1) is 0 Å². The summed E-state index contributed by atoms with van der Waals surface area (Å²) in [5, 5.41) is 0. The van der Waals surface area contributed by atoms with E-state index in [1.165, 1.54) is 0 Å². The quantitative estimate of drug-likeness (QED) is 0.323. The minimum atomic E-state index is 0. The number of hydrogen-bond acceptors (Lipinski definition) is 1. The van der Waals surface area contributed by atoms with Gasteiger partial charge in [-0.2, -0.15) is 0 Å².